The largest absolute Gasteiger partial charge is 0.497 e. The van der Waals surface area contributed by atoms with Crippen LogP contribution in [0.15, 0.2) is 60.7 Å². The molecule has 0 unspecified atom stereocenters. The first-order valence-corrected chi connectivity index (χ1v) is 12.2. The van der Waals surface area contributed by atoms with Crippen LogP contribution in [0.5, 0.6) is 17.4 Å². The van der Waals surface area contributed by atoms with Gasteiger partial charge >= 0.3 is 0 Å². The third-order valence-corrected chi connectivity index (χ3v) is 7.22. The van der Waals surface area contributed by atoms with Gasteiger partial charge in [-0.3, -0.25) is 4.90 Å². The predicted octanol–water partition coefficient (Wildman–Crippen LogP) is 4.76. The van der Waals surface area contributed by atoms with Crippen LogP contribution in [0.2, 0.25) is 0 Å². The fourth-order valence-electron chi connectivity index (χ4n) is 4.98. The summed E-state index contributed by atoms with van der Waals surface area (Å²) < 4.78 is 16.2. The van der Waals surface area contributed by atoms with Crippen molar-refractivity contribution in [2.75, 3.05) is 27.9 Å². The van der Waals surface area contributed by atoms with E-state index in [-0.39, 0.29) is 12.0 Å². The standard InChI is InChI=1S/C29H36N2O4/c1-5-23-10-15-27(30-28(23)35-4)29(20-32)16-24(17-29)31(18-21-6-11-25(33-2)12-7-21)19-22-8-13-26(34-3)14-9-22/h6-15,24,32H,5,16-20H2,1-4H3. The first-order chi connectivity index (χ1) is 17.0. The fraction of sp³-hybridized carbons (Fsp3) is 0.414. The van der Waals surface area contributed by atoms with Gasteiger partial charge in [-0.05, 0) is 60.7 Å². The van der Waals surface area contributed by atoms with Crippen LogP contribution in [0.4, 0.5) is 0 Å². The number of benzene rings is 2. The van der Waals surface area contributed by atoms with Crippen molar-refractivity contribution in [3.05, 3.63) is 83.0 Å². The van der Waals surface area contributed by atoms with E-state index in [1.165, 1.54) is 11.1 Å². The quantitative estimate of drug-likeness (QED) is 0.430. The molecule has 1 saturated carbocycles. The van der Waals surface area contributed by atoms with E-state index in [1.54, 1.807) is 21.3 Å². The maximum Gasteiger partial charge on any atom is 0.216 e. The number of aryl methyl sites for hydroxylation is 1. The van der Waals surface area contributed by atoms with E-state index in [0.717, 1.165) is 55.1 Å². The van der Waals surface area contributed by atoms with Crippen LogP contribution < -0.4 is 14.2 Å². The third kappa shape index (κ3) is 5.44. The minimum absolute atomic E-state index is 0.0735. The summed E-state index contributed by atoms with van der Waals surface area (Å²) in [5, 5.41) is 10.4. The number of aliphatic hydroxyl groups excluding tert-OH is 1. The number of aliphatic hydroxyl groups is 1. The Balaban J connectivity index is 1.55. The molecule has 1 aliphatic carbocycles. The SMILES string of the molecule is CCc1ccc(C2(CO)CC(N(Cc3ccc(OC)cc3)Cc3ccc(OC)cc3)C2)nc1OC. The first kappa shape index (κ1) is 25.0. The Kier molecular flexibility index (Phi) is 7.93. The lowest BCUT2D eigenvalue weighted by Crippen LogP contribution is -2.55. The molecule has 4 rings (SSSR count). The van der Waals surface area contributed by atoms with Crippen molar-refractivity contribution in [3.8, 4) is 17.4 Å². The lowest BCUT2D eigenvalue weighted by atomic mass is 9.63. The second-order valence-electron chi connectivity index (χ2n) is 9.32. The highest BCUT2D eigenvalue weighted by molar-refractivity contribution is 5.34. The number of pyridine rings is 1. The molecule has 1 N–H and O–H groups in total. The monoisotopic (exact) mass is 476 g/mol. The molecule has 0 saturated heterocycles. The predicted molar refractivity (Wildman–Crippen MR) is 137 cm³/mol. The maximum absolute atomic E-state index is 10.4. The Morgan fingerprint density at radius 2 is 1.37 bits per heavy atom. The molecule has 2 aromatic carbocycles. The number of aromatic nitrogens is 1. The Morgan fingerprint density at radius 3 is 1.80 bits per heavy atom. The molecule has 0 radical (unpaired) electrons. The van der Waals surface area contributed by atoms with Gasteiger partial charge < -0.3 is 19.3 Å². The summed E-state index contributed by atoms with van der Waals surface area (Å²) >= 11 is 0. The molecule has 1 fully saturated rings. The molecule has 1 heterocycles. The highest BCUT2D eigenvalue weighted by Gasteiger charge is 2.48. The molecule has 35 heavy (non-hydrogen) atoms. The molecule has 1 aliphatic rings. The van der Waals surface area contributed by atoms with Crippen molar-refractivity contribution in [2.24, 2.45) is 0 Å². The van der Waals surface area contributed by atoms with Crippen LogP contribution >= 0.6 is 0 Å². The molecular weight excluding hydrogens is 440 g/mol. The maximum atomic E-state index is 10.4. The highest BCUT2D eigenvalue weighted by atomic mass is 16.5. The normalized spacial score (nSPS) is 19.3. The molecular formula is C29H36N2O4. The molecule has 1 aromatic heterocycles. The van der Waals surface area contributed by atoms with E-state index >= 15 is 0 Å². The van der Waals surface area contributed by atoms with Gasteiger partial charge in [0.25, 0.3) is 0 Å². The minimum atomic E-state index is -0.345. The van der Waals surface area contributed by atoms with Gasteiger partial charge in [0, 0.05) is 30.1 Å². The summed E-state index contributed by atoms with van der Waals surface area (Å²) in [6.07, 6.45) is 2.55. The molecule has 3 aromatic rings. The lowest BCUT2D eigenvalue weighted by molar-refractivity contribution is 0.00568. The Bertz CT molecular complexity index is 1040. The zero-order valence-corrected chi connectivity index (χ0v) is 21.2. The molecule has 6 heteroatoms. The number of nitrogens with zero attached hydrogens (tertiary/aromatic N) is 2. The Morgan fingerprint density at radius 1 is 0.829 bits per heavy atom. The fourth-order valence-corrected chi connectivity index (χ4v) is 4.98. The van der Waals surface area contributed by atoms with Crippen molar-refractivity contribution in [2.45, 2.75) is 50.7 Å². The van der Waals surface area contributed by atoms with Gasteiger partial charge in [0.2, 0.25) is 5.88 Å². The van der Waals surface area contributed by atoms with Crippen molar-refractivity contribution in [3.63, 3.8) is 0 Å². The summed E-state index contributed by atoms with van der Waals surface area (Å²) in [4.78, 5) is 7.29. The van der Waals surface area contributed by atoms with Crippen LogP contribution in [-0.2, 0) is 24.9 Å². The summed E-state index contributed by atoms with van der Waals surface area (Å²) in [7, 11) is 5.03. The molecule has 0 atom stereocenters. The van der Waals surface area contributed by atoms with Crippen molar-refractivity contribution in [1.82, 2.24) is 9.88 Å². The number of rotatable bonds is 11. The molecule has 0 spiro atoms. The van der Waals surface area contributed by atoms with Crippen LogP contribution in [-0.4, -0.2) is 49.0 Å². The molecule has 186 valence electrons. The Labute approximate surface area is 208 Å². The summed E-state index contributed by atoms with van der Waals surface area (Å²) in [6, 6.07) is 21.0. The van der Waals surface area contributed by atoms with E-state index < -0.39 is 0 Å². The number of hydrogen-bond acceptors (Lipinski definition) is 6. The summed E-state index contributed by atoms with van der Waals surface area (Å²) in [5.74, 6) is 2.37. The first-order valence-electron chi connectivity index (χ1n) is 12.2. The van der Waals surface area contributed by atoms with Crippen molar-refractivity contribution >= 4 is 0 Å². The second kappa shape index (κ2) is 11.1. The lowest BCUT2D eigenvalue weighted by Gasteiger charge is -2.51. The van der Waals surface area contributed by atoms with Crippen LogP contribution in [0, 0.1) is 0 Å². The number of hydrogen-bond donors (Lipinski definition) is 1. The van der Waals surface area contributed by atoms with Gasteiger partial charge in [0.1, 0.15) is 11.5 Å². The highest BCUT2D eigenvalue weighted by Crippen LogP contribution is 2.46. The number of methoxy groups -OCH3 is 3. The third-order valence-electron chi connectivity index (χ3n) is 7.22. The van der Waals surface area contributed by atoms with Gasteiger partial charge in [-0.25, -0.2) is 4.98 Å². The van der Waals surface area contributed by atoms with Gasteiger partial charge in [0.05, 0.1) is 33.6 Å². The van der Waals surface area contributed by atoms with Gasteiger partial charge in [-0.1, -0.05) is 37.3 Å². The topological polar surface area (TPSA) is 64.1 Å². The summed E-state index contributed by atoms with van der Waals surface area (Å²) in [5.41, 5.74) is 4.11. The average Bonchev–Trinajstić information content (AvgIpc) is 2.89. The zero-order valence-electron chi connectivity index (χ0n) is 21.2. The zero-order chi connectivity index (χ0) is 24.8. The van der Waals surface area contributed by atoms with Crippen molar-refractivity contribution in [1.29, 1.82) is 0 Å². The van der Waals surface area contributed by atoms with E-state index in [4.69, 9.17) is 19.2 Å². The smallest absolute Gasteiger partial charge is 0.216 e. The second-order valence-corrected chi connectivity index (χ2v) is 9.32. The van der Waals surface area contributed by atoms with E-state index in [2.05, 4.69) is 48.2 Å². The molecule has 6 nitrogen and oxygen atoms in total. The van der Waals surface area contributed by atoms with Gasteiger partial charge in [-0.15, -0.1) is 0 Å². The van der Waals surface area contributed by atoms with Crippen LogP contribution in [0.1, 0.15) is 42.1 Å². The summed E-state index contributed by atoms with van der Waals surface area (Å²) in [6.45, 7) is 3.79. The molecule has 0 aliphatic heterocycles. The van der Waals surface area contributed by atoms with E-state index in [1.807, 2.05) is 24.3 Å². The Hall–Kier alpha value is -3.09. The number of ether oxygens (including phenoxy) is 3. The minimum Gasteiger partial charge on any atom is -0.497 e. The molecule has 0 amide bonds. The van der Waals surface area contributed by atoms with Gasteiger partial charge in [0.15, 0.2) is 0 Å². The van der Waals surface area contributed by atoms with Crippen LogP contribution in [0.25, 0.3) is 0 Å². The average molecular weight is 477 g/mol. The van der Waals surface area contributed by atoms with Gasteiger partial charge in [-0.2, -0.15) is 0 Å². The van der Waals surface area contributed by atoms with Crippen LogP contribution in [0.3, 0.4) is 0 Å². The van der Waals surface area contributed by atoms with E-state index in [0.29, 0.717) is 11.9 Å². The van der Waals surface area contributed by atoms with E-state index in [9.17, 15) is 5.11 Å². The molecule has 0 bridgehead atoms. The van der Waals surface area contributed by atoms with Crippen molar-refractivity contribution < 1.29 is 19.3 Å².